The van der Waals surface area contributed by atoms with Crippen LogP contribution in [-0.4, -0.2) is 44.2 Å². The number of hydrogen-bond donors (Lipinski definition) is 1. The van der Waals surface area contributed by atoms with E-state index in [4.69, 9.17) is 9.47 Å². The first kappa shape index (κ1) is 15.6. The van der Waals surface area contributed by atoms with Crippen LogP contribution in [0.4, 0.5) is 0 Å². The third kappa shape index (κ3) is 3.88. The number of hydrogen-bond acceptors (Lipinski definition) is 4. The molecule has 1 N–H and O–H groups in total. The first-order chi connectivity index (χ1) is 10.2. The van der Waals surface area contributed by atoms with Crippen LogP contribution >= 0.6 is 0 Å². The summed E-state index contributed by atoms with van der Waals surface area (Å²) in [5.41, 5.74) is 1.02. The summed E-state index contributed by atoms with van der Waals surface area (Å²) in [6.07, 6.45) is 1.45. The number of benzene rings is 1. The lowest BCUT2D eigenvalue weighted by atomic mass is 10.1. The van der Waals surface area contributed by atoms with Crippen molar-refractivity contribution in [2.24, 2.45) is 0 Å². The molecule has 0 aliphatic carbocycles. The van der Waals surface area contributed by atoms with E-state index in [0.717, 1.165) is 43.0 Å². The standard InChI is InChI=1S/C16H24N2O3/c1-4-8-17-11-12-10-13(20-3)5-6-14(12)21-15-7-9-18(2)16(15)19/h5-6,10,15,17H,4,7-9,11H2,1-3H3. The average Bonchev–Trinajstić information content (AvgIpc) is 2.81. The normalized spacial score (nSPS) is 18.1. The van der Waals surface area contributed by atoms with E-state index in [1.54, 1.807) is 12.0 Å². The van der Waals surface area contributed by atoms with Crippen molar-refractivity contribution in [3.8, 4) is 11.5 Å². The van der Waals surface area contributed by atoms with Crippen molar-refractivity contribution < 1.29 is 14.3 Å². The molecule has 1 amide bonds. The number of carbonyl (C=O) groups excluding carboxylic acids is 1. The van der Waals surface area contributed by atoms with Crippen molar-refractivity contribution in [1.82, 2.24) is 10.2 Å². The van der Waals surface area contributed by atoms with Crippen molar-refractivity contribution in [2.45, 2.75) is 32.4 Å². The number of nitrogens with one attached hydrogen (secondary N) is 1. The maximum Gasteiger partial charge on any atom is 0.263 e. The number of rotatable bonds is 7. The zero-order chi connectivity index (χ0) is 15.2. The van der Waals surface area contributed by atoms with Gasteiger partial charge in [0.1, 0.15) is 11.5 Å². The van der Waals surface area contributed by atoms with Crippen molar-refractivity contribution in [2.75, 3.05) is 27.2 Å². The number of ether oxygens (including phenoxy) is 2. The Labute approximate surface area is 126 Å². The maximum atomic E-state index is 12.0. The highest BCUT2D eigenvalue weighted by Gasteiger charge is 2.31. The molecule has 21 heavy (non-hydrogen) atoms. The van der Waals surface area contributed by atoms with Crippen molar-refractivity contribution in [3.63, 3.8) is 0 Å². The minimum Gasteiger partial charge on any atom is -0.497 e. The van der Waals surface area contributed by atoms with Crippen LogP contribution in [0.3, 0.4) is 0 Å². The van der Waals surface area contributed by atoms with Gasteiger partial charge in [0.25, 0.3) is 5.91 Å². The predicted molar refractivity (Wildman–Crippen MR) is 81.7 cm³/mol. The van der Waals surface area contributed by atoms with Crippen LogP contribution in [0.2, 0.25) is 0 Å². The molecule has 0 radical (unpaired) electrons. The number of methoxy groups -OCH3 is 1. The number of likely N-dealkylation sites (tertiary alicyclic amines) is 1. The number of nitrogens with zero attached hydrogens (tertiary/aromatic N) is 1. The van der Waals surface area contributed by atoms with E-state index in [2.05, 4.69) is 12.2 Å². The lowest BCUT2D eigenvalue weighted by molar-refractivity contribution is -0.132. The zero-order valence-corrected chi connectivity index (χ0v) is 13.0. The highest BCUT2D eigenvalue weighted by atomic mass is 16.5. The molecule has 1 saturated heterocycles. The summed E-state index contributed by atoms with van der Waals surface area (Å²) in [5, 5.41) is 3.36. The van der Waals surface area contributed by atoms with Crippen molar-refractivity contribution >= 4 is 5.91 Å². The molecule has 5 heteroatoms. The second-order valence-electron chi connectivity index (χ2n) is 5.31. The zero-order valence-electron chi connectivity index (χ0n) is 13.0. The van der Waals surface area contributed by atoms with E-state index < -0.39 is 0 Å². The van der Waals surface area contributed by atoms with E-state index in [-0.39, 0.29) is 12.0 Å². The van der Waals surface area contributed by atoms with Gasteiger partial charge in [-0.3, -0.25) is 4.79 Å². The van der Waals surface area contributed by atoms with Crippen molar-refractivity contribution in [1.29, 1.82) is 0 Å². The minimum atomic E-state index is -0.367. The molecule has 0 spiro atoms. The molecule has 0 aromatic heterocycles. The van der Waals surface area contributed by atoms with E-state index >= 15 is 0 Å². The molecule has 5 nitrogen and oxygen atoms in total. The van der Waals surface area contributed by atoms with E-state index in [1.165, 1.54) is 0 Å². The average molecular weight is 292 g/mol. The van der Waals surface area contributed by atoms with Gasteiger partial charge in [0, 0.05) is 32.1 Å². The van der Waals surface area contributed by atoms with Gasteiger partial charge in [-0.05, 0) is 31.2 Å². The monoisotopic (exact) mass is 292 g/mol. The summed E-state index contributed by atoms with van der Waals surface area (Å²) in [7, 11) is 3.46. The Balaban J connectivity index is 2.11. The molecule has 1 aliphatic heterocycles. The fourth-order valence-corrected chi connectivity index (χ4v) is 2.39. The van der Waals surface area contributed by atoms with Gasteiger partial charge in [0.2, 0.25) is 0 Å². The first-order valence-electron chi connectivity index (χ1n) is 7.45. The number of carbonyl (C=O) groups is 1. The van der Waals surface area contributed by atoms with Crippen LogP contribution < -0.4 is 14.8 Å². The number of likely N-dealkylation sites (N-methyl/N-ethyl adjacent to an activating group) is 1. The largest absolute Gasteiger partial charge is 0.497 e. The van der Waals surface area contributed by atoms with Crippen LogP contribution in [0.25, 0.3) is 0 Å². The molecular weight excluding hydrogens is 268 g/mol. The summed E-state index contributed by atoms with van der Waals surface area (Å²) in [5.74, 6) is 1.61. The van der Waals surface area contributed by atoms with Gasteiger partial charge < -0.3 is 19.7 Å². The summed E-state index contributed by atoms with van der Waals surface area (Å²) in [6, 6.07) is 5.70. The fraction of sp³-hybridized carbons (Fsp3) is 0.562. The molecule has 116 valence electrons. The molecule has 2 rings (SSSR count). The van der Waals surface area contributed by atoms with Crippen LogP contribution in [0.5, 0.6) is 11.5 Å². The summed E-state index contributed by atoms with van der Waals surface area (Å²) >= 11 is 0. The van der Waals surface area contributed by atoms with Gasteiger partial charge >= 0.3 is 0 Å². The molecule has 0 bridgehead atoms. The molecule has 1 aromatic carbocycles. The van der Waals surface area contributed by atoms with E-state index in [1.807, 2.05) is 25.2 Å². The minimum absolute atomic E-state index is 0.0540. The highest BCUT2D eigenvalue weighted by molar-refractivity contribution is 5.83. The van der Waals surface area contributed by atoms with Gasteiger partial charge in [0.05, 0.1) is 7.11 Å². The Bertz CT molecular complexity index is 490. The third-order valence-electron chi connectivity index (χ3n) is 3.66. The predicted octanol–water partition coefficient (Wildman–Crippen LogP) is 1.80. The summed E-state index contributed by atoms with van der Waals surface area (Å²) in [6.45, 7) is 4.53. The van der Waals surface area contributed by atoms with Gasteiger partial charge in [0.15, 0.2) is 6.10 Å². The van der Waals surface area contributed by atoms with Crippen LogP contribution in [-0.2, 0) is 11.3 Å². The molecule has 1 unspecified atom stereocenters. The molecule has 1 aliphatic rings. The molecule has 0 saturated carbocycles. The molecule has 1 fully saturated rings. The topological polar surface area (TPSA) is 50.8 Å². The van der Waals surface area contributed by atoms with Gasteiger partial charge in [-0.25, -0.2) is 0 Å². The third-order valence-corrected chi connectivity index (χ3v) is 3.66. The quantitative estimate of drug-likeness (QED) is 0.779. The SMILES string of the molecule is CCCNCc1cc(OC)ccc1OC1CCN(C)C1=O. The van der Waals surface area contributed by atoms with Gasteiger partial charge in [-0.15, -0.1) is 0 Å². The van der Waals surface area contributed by atoms with E-state index in [9.17, 15) is 4.79 Å². The fourth-order valence-electron chi connectivity index (χ4n) is 2.39. The van der Waals surface area contributed by atoms with Crippen LogP contribution in [0, 0.1) is 0 Å². The second kappa shape index (κ2) is 7.31. The molecule has 1 atom stereocenters. The molecule has 1 aromatic rings. The molecule has 1 heterocycles. The second-order valence-corrected chi connectivity index (χ2v) is 5.31. The maximum absolute atomic E-state index is 12.0. The Kier molecular flexibility index (Phi) is 5.44. The van der Waals surface area contributed by atoms with Crippen LogP contribution in [0.15, 0.2) is 18.2 Å². The summed E-state index contributed by atoms with van der Waals surface area (Å²) in [4.78, 5) is 13.7. The lowest BCUT2D eigenvalue weighted by Crippen LogP contribution is -2.29. The van der Waals surface area contributed by atoms with E-state index in [0.29, 0.717) is 6.54 Å². The Hall–Kier alpha value is -1.75. The van der Waals surface area contributed by atoms with Gasteiger partial charge in [-0.1, -0.05) is 6.92 Å². The number of amides is 1. The van der Waals surface area contributed by atoms with Gasteiger partial charge in [-0.2, -0.15) is 0 Å². The first-order valence-corrected chi connectivity index (χ1v) is 7.45. The lowest BCUT2D eigenvalue weighted by Gasteiger charge is -2.17. The Morgan fingerprint density at radius 3 is 2.86 bits per heavy atom. The summed E-state index contributed by atoms with van der Waals surface area (Å²) < 4.78 is 11.2. The highest BCUT2D eigenvalue weighted by Crippen LogP contribution is 2.27. The Morgan fingerprint density at radius 2 is 2.24 bits per heavy atom. The Morgan fingerprint density at radius 1 is 1.43 bits per heavy atom. The van der Waals surface area contributed by atoms with Crippen molar-refractivity contribution in [3.05, 3.63) is 23.8 Å². The molecular formula is C16H24N2O3. The smallest absolute Gasteiger partial charge is 0.263 e. The van der Waals surface area contributed by atoms with Crippen LogP contribution in [0.1, 0.15) is 25.3 Å².